The minimum atomic E-state index is 0.447. The molecule has 0 unspecified atom stereocenters. The zero-order valence-corrected chi connectivity index (χ0v) is 9.83. The van der Waals surface area contributed by atoms with E-state index in [0.717, 1.165) is 12.5 Å². The second-order valence-corrected chi connectivity index (χ2v) is 5.98. The highest BCUT2D eigenvalue weighted by Crippen LogP contribution is 2.41. The Balaban J connectivity index is 2.40. The van der Waals surface area contributed by atoms with Crippen molar-refractivity contribution in [2.75, 3.05) is 12.3 Å². The third kappa shape index (κ3) is 3.17. The van der Waals surface area contributed by atoms with Crippen molar-refractivity contribution in [1.29, 1.82) is 0 Å². The average Bonchev–Trinajstić information content (AvgIpc) is 2.18. The monoisotopic (exact) mass is 201 g/mol. The van der Waals surface area contributed by atoms with Crippen molar-refractivity contribution in [3.05, 3.63) is 0 Å². The molecule has 0 bridgehead atoms. The quantitative estimate of drug-likeness (QED) is 0.756. The molecule has 1 fully saturated rings. The van der Waals surface area contributed by atoms with Crippen LogP contribution < -0.4 is 5.73 Å². The predicted molar refractivity (Wildman–Crippen MR) is 62.2 cm³/mol. The molecule has 2 heteroatoms. The van der Waals surface area contributed by atoms with Gasteiger partial charge in [-0.2, -0.15) is 11.8 Å². The lowest BCUT2D eigenvalue weighted by Gasteiger charge is -2.38. The molecule has 0 heterocycles. The zero-order valence-electron chi connectivity index (χ0n) is 9.01. The van der Waals surface area contributed by atoms with Gasteiger partial charge in [0.2, 0.25) is 0 Å². The molecule has 78 valence electrons. The first-order valence-corrected chi connectivity index (χ1v) is 6.55. The molecule has 1 aliphatic carbocycles. The van der Waals surface area contributed by atoms with E-state index in [1.165, 1.54) is 37.9 Å². The molecule has 0 radical (unpaired) electrons. The van der Waals surface area contributed by atoms with Gasteiger partial charge in [-0.1, -0.05) is 13.8 Å². The van der Waals surface area contributed by atoms with Crippen LogP contribution in [0, 0.1) is 5.92 Å². The molecular weight excluding hydrogens is 178 g/mol. The number of hydrogen-bond donors (Lipinski definition) is 1. The van der Waals surface area contributed by atoms with Crippen LogP contribution in [-0.2, 0) is 0 Å². The Morgan fingerprint density at radius 1 is 1.38 bits per heavy atom. The van der Waals surface area contributed by atoms with Crippen LogP contribution in [0.25, 0.3) is 0 Å². The maximum Gasteiger partial charge on any atom is 0.0282 e. The van der Waals surface area contributed by atoms with Crippen LogP contribution >= 0.6 is 11.8 Å². The highest BCUT2D eigenvalue weighted by molar-refractivity contribution is 8.00. The van der Waals surface area contributed by atoms with Crippen LogP contribution in [0.3, 0.4) is 0 Å². The Morgan fingerprint density at radius 3 is 2.46 bits per heavy atom. The van der Waals surface area contributed by atoms with E-state index in [4.69, 9.17) is 5.73 Å². The Labute approximate surface area is 86.8 Å². The third-order valence-corrected chi connectivity index (χ3v) is 4.97. The van der Waals surface area contributed by atoms with Gasteiger partial charge in [-0.15, -0.1) is 0 Å². The topological polar surface area (TPSA) is 26.0 Å². The normalized spacial score (nSPS) is 34.8. The molecule has 2 N–H and O–H groups in total. The van der Waals surface area contributed by atoms with Gasteiger partial charge < -0.3 is 5.73 Å². The van der Waals surface area contributed by atoms with Crippen molar-refractivity contribution in [2.24, 2.45) is 11.7 Å². The van der Waals surface area contributed by atoms with Gasteiger partial charge in [0.1, 0.15) is 0 Å². The Hall–Kier alpha value is 0.310. The van der Waals surface area contributed by atoms with Gasteiger partial charge in [-0.25, -0.2) is 0 Å². The lowest BCUT2D eigenvalue weighted by atomic mass is 9.82. The van der Waals surface area contributed by atoms with Crippen LogP contribution in [0.2, 0.25) is 0 Å². The Bertz CT molecular complexity index is 134. The minimum Gasteiger partial charge on any atom is -0.329 e. The van der Waals surface area contributed by atoms with E-state index in [1.54, 1.807) is 0 Å². The maximum atomic E-state index is 5.90. The molecule has 0 aromatic carbocycles. The SMILES string of the molecule is CCCSC1(CN)CCC(C)CC1. The smallest absolute Gasteiger partial charge is 0.0282 e. The van der Waals surface area contributed by atoms with Gasteiger partial charge in [0, 0.05) is 11.3 Å². The van der Waals surface area contributed by atoms with E-state index in [1.807, 2.05) is 0 Å². The largest absolute Gasteiger partial charge is 0.329 e. The summed E-state index contributed by atoms with van der Waals surface area (Å²) < 4.78 is 0.447. The van der Waals surface area contributed by atoms with E-state index >= 15 is 0 Å². The highest BCUT2D eigenvalue weighted by Gasteiger charge is 2.32. The van der Waals surface area contributed by atoms with E-state index in [0.29, 0.717) is 4.75 Å². The Kier molecular flexibility index (Phi) is 4.60. The molecular formula is C11H23NS. The summed E-state index contributed by atoms with van der Waals surface area (Å²) in [6, 6.07) is 0. The molecule has 0 aliphatic heterocycles. The molecule has 13 heavy (non-hydrogen) atoms. The third-order valence-electron chi connectivity index (χ3n) is 3.17. The summed E-state index contributed by atoms with van der Waals surface area (Å²) >= 11 is 2.12. The molecule has 1 saturated carbocycles. The molecule has 0 aromatic heterocycles. The molecule has 1 rings (SSSR count). The lowest BCUT2D eigenvalue weighted by molar-refractivity contribution is 0.323. The number of thioether (sulfide) groups is 1. The standard InChI is InChI=1S/C11H23NS/c1-3-8-13-11(9-12)6-4-10(2)5-7-11/h10H,3-9,12H2,1-2H3. The zero-order chi connectivity index (χ0) is 9.73. The van der Waals surface area contributed by atoms with Crippen molar-refractivity contribution in [3.63, 3.8) is 0 Å². The van der Waals surface area contributed by atoms with Gasteiger partial charge in [-0.3, -0.25) is 0 Å². The molecule has 0 atom stereocenters. The summed E-state index contributed by atoms with van der Waals surface area (Å²) in [6.07, 6.45) is 6.73. The van der Waals surface area contributed by atoms with Crippen LogP contribution in [0.1, 0.15) is 46.0 Å². The van der Waals surface area contributed by atoms with E-state index in [2.05, 4.69) is 25.6 Å². The first-order chi connectivity index (χ1) is 6.22. The van der Waals surface area contributed by atoms with Crippen LogP contribution in [-0.4, -0.2) is 17.0 Å². The fraction of sp³-hybridized carbons (Fsp3) is 1.00. The lowest BCUT2D eigenvalue weighted by Crippen LogP contribution is -2.38. The molecule has 0 amide bonds. The number of nitrogens with two attached hydrogens (primary N) is 1. The van der Waals surface area contributed by atoms with E-state index < -0.39 is 0 Å². The minimum absolute atomic E-state index is 0.447. The summed E-state index contributed by atoms with van der Waals surface area (Å²) in [5.74, 6) is 2.22. The fourth-order valence-electron chi connectivity index (χ4n) is 2.01. The summed E-state index contributed by atoms with van der Waals surface area (Å²) in [7, 11) is 0. The summed E-state index contributed by atoms with van der Waals surface area (Å²) in [6.45, 7) is 5.50. The van der Waals surface area contributed by atoms with Crippen molar-refractivity contribution < 1.29 is 0 Å². The van der Waals surface area contributed by atoms with E-state index in [9.17, 15) is 0 Å². The van der Waals surface area contributed by atoms with Crippen molar-refractivity contribution in [2.45, 2.75) is 50.7 Å². The molecule has 0 aromatic rings. The van der Waals surface area contributed by atoms with Gasteiger partial charge in [0.15, 0.2) is 0 Å². The molecule has 0 spiro atoms. The van der Waals surface area contributed by atoms with Crippen molar-refractivity contribution in [1.82, 2.24) is 0 Å². The Morgan fingerprint density at radius 2 is 2.00 bits per heavy atom. The van der Waals surface area contributed by atoms with Gasteiger partial charge in [0.05, 0.1) is 0 Å². The predicted octanol–water partition coefficient (Wildman–Crippen LogP) is 3.04. The highest BCUT2D eigenvalue weighted by atomic mass is 32.2. The first kappa shape index (κ1) is 11.4. The van der Waals surface area contributed by atoms with Gasteiger partial charge in [0.25, 0.3) is 0 Å². The second-order valence-electron chi connectivity index (χ2n) is 4.42. The van der Waals surface area contributed by atoms with Crippen LogP contribution in [0.4, 0.5) is 0 Å². The van der Waals surface area contributed by atoms with Gasteiger partial charge in [-0.05, 0) is 43.8 Å². The van der Waals surface area contributed by atoms with Crippen molar-refractivity contribution in [3.8, 4) is 0 Å². The molecule has 1 nitrogen and oxygen atoms in total. The van der Waals surface area contributed by atoms with Gasteiger partial charge >= 0.3 is 0 Å². The van der Waals surface area contributed by atoms with E-state index in [-0.39, 0.29) is 0 Å². The number of hydrogen-bond acceptors (Lipinski definition) is 2. The summed E-state index contributed by atoms with van der Waals surface area (Å²) in [5, 5.41) is 0. The molecule has 0 saturated heterocycles. The first-order valence-electron chi connectivity index (χ1n) is 5.56. The average molecular weight is 201 g/mol. The maximum absolute atomic E-state index is 5.90. The van der Waals surface area contributed by atoms with Crippen LogP contribution in [0.5, 0.6) is 0 Å². The second kappa shape index (κ2) is 5.26. The summed E-state index contributed by atoms with van der Waals surface area (Å²) in [4.78, 5) is 0. The number of rotatable bonds is 4. The molecule has 1 aliphatic rings. The summed E-state index contributed by atoms with van der Waals surface area (Å²) in [5.41, 5.74) is 5.90. The van der Waals surface area contributed by atoms with Crippen molar-refractivity contribution >= 4 is 11.8 Å². The fourth-order valence-corrected chi connectivity index (χ4v) is 3.29. The van der Waals surface area contributed by atoms with Crippen LogP contribution in [0.15, 0.2) is 0 Å².